The molecule has 0 nitrogen and oxygen atoms in total. The van der Waals surface area contributed by atoms with Gasteiger partial charge in [-0.1, -0.05) is 109 Å². The third kappa shape index (κ3) is 3.11. The minimum Gasteiger partial charge on any atom is -0.135 e. The second-order valence-electron chi connectivity index (χ2n) is 10.9. The topological polar surface area (TPSA) is 0 Å². The second-order valence-corrected chi connectivity index (χ2v) is 12.0. The van der Waals surface area contributed by atoms with Gasteiger partial charge in [-0.25, -0.2) is 0 Å². The Bertz CT molecular complexity index is 2110. The first-order valence-electron chi connectivity index (χ1n) is 13.7. The van der Waals surface area contributed by atoms with E-state index in [1.165, 1.54) is 75.5 Å². The number of hydrogen-bond donors (Lipinski definition) is 0. The largest absolute Gasteiger partial charge is 0.135 e. The van der Waals surface area contributed by atoms with Crippen LogP contribution in [0.1, 0.15) is 11.1 Å². The fourth-order valence-corrected chi connectivity index (χ4v) is 8.14. The standard InChI is InChI=1S/C38H24S/c1-2-6-26-21-27(10-9-23(26)5-1)29-16-11-24-14-19-33-30(17-12-25-13-18-32(29)37(24)38(25)33)28-15-20-36-34(22-28)31-7-3-4-8-35(31)39-36/h1-22,37-38H. The van der Waals surface area contributed by atoms with E-state index < -0.39 is 0 Å². The van der Waals surface area contributed by atoms with Crippen molar-refractivity contribution in [1.82, 2.24) is 0 Å². The zero-order valence-corrected chi connectivity index (χ0v) is 22.1. The van der Waals surface area contributed by atoms with Gasteiger partial charge in [-0.3, -0.25) is 0 Å². The van der Waals surface area contributed by atoms with E-state index in [0.717, 1.165) is 0 Å². The van der Waals surface area contributed by atoms with Gasteiger partial charge in [0.25, 0.3) is 0 Å². The van der Waals surface area contributed by atoms with Crippen molar-refractivity contribution in [2.75, 3.05) is 0 Å². The molecule has 0 N–H and O–H groups in total. The zero-order valence-electron chi connectivity index (χ0n) is 21.3. The molecule has 1 heterocycles. The lowest BCUT2D eigenvalue weighted by molar-refractivity contribution is 0.569. The molecule has 0 aliphatic heterocycles. The summed E-state index contributed by atoms with van der Waals surface area (Å²) in [7, 11) is 0. The number of allylic oxidation sites excluding steroid dienone is 14. The smallest absolute Gasteiger partial charge is 0.0355 e. The molecule has 0 saturated heterocycles. The molecule has 0 amide bonds. The molecule has 9 rings (SSSR count). The van der Waals surface area contributed by atoms with Crippen molar-refractivity contribution in [3.05, 3.63) is 167 Å². The van der Waals surface area contributed by atoms with E-state index in [1.807, 2.05) is 11.3 Å². The Kier molecular flexibility index (Phi) is 4.42. The average molecular weight is 513 g/mol. The molecule has 0 saturated carbocycles. The summed E-state index contributed by atoms with van der Waals surface area (Å²) >= 11 is 1.88. The van der Waals surface area contributed by atoms with E-state index in [-0.39, 0.29) is 0 Å². The zero-order chi connectivity index (χ0) is 25.5. The molecule has 0 fully saturated rings. The lowest BCUT2D eigenvalue weighted by atomic mass is 9.61. The van der Waals surface area contributed by atoms with Gasteiger partial charge in [0.15, 0.2) is 0 Å². The summed E-state index contributed by atoms with van der Waals surface area (Å²) in [6.45, 7) is 0. The molecule has 0 bridgehead atoms. The van der Waals surface area contributed by atoms with Crippen molar-refractivity contribution in [3.63, 3.8) is 0 Å². The van der Waals surface area contributed by atoms with E-state index in [1.54, 1.807) is 0 Å². The van der Waals surface area contributed by atoms with Crippen LogP contribution in [-0.4, -0.2) is 0 Å². The minimum absolute atomic E-state index is 0.348. The Morgan fingerprint density at radius 1 is 0.513 bits per heavy atom. The fourth-order valence-electron chi connectivity index (χ4n) is 7.05. The van der Waals surface area contributed by atoms with Gasteiger partial charge >= 0.3 is 0 Å². The summed E-state index contributed by atoms with van der Waals surface area (Å²) in [4.78, 5) is 0. The first kappa shape index (κ1) is 21.5. The molecule has 1 heteroatoms. The van der Waals surface area contributed by atoms with Gasteiger partial charge in [0, 0.05) is 32.0 Å². The molecule has 4 aliphatic carbocycles. The molecule has 0 spiro atoms. The molecular formula is C38H24S. The monoisotopic (exact) mass is 512 g/mol. The van der Waals surface area contributed by atoms with E-state index in [2.05, 4.69) is 134 Å². The van der Waals surface area contributed by atoms with Crippen molar-refractivity contribution in [2.24, 2.45) is 11.8 Å². The van der Waals surface area contributed by atoms with Crippen LogP contribution >= 0.6 is 11.3 Å². The quantitative estimate of drug-likeness (QED) is 0.221. The predicted octanol–water partition coefficient (Wildman–Crippen LogP) is 10.2. The highest BCUT2D eigenvalue weighted by Crippen LogP contribution is 2.54. The van der Waals surface area contributed by atoms with Gasteiger partial charge in [-0.15, -0.1) is 11.3 Å². The van der Waals surface area contributed by atoms with E-state index in [4.69, 9.17) is 0 Å². The normalized spacial score (nSPS) is 21.1. The second kappa shape index (κ2) is 8.02. The highest BCUT2D eigenvalue weighted by atomic mass is 32.1. The molecular weight excluding hydrogens is 488 g/mol. The Labute approximate surface area is 231 Å². The third-order valence-electron chi connectivity index (χ3n) is 8.89. The van der Waals surface area contributed by atoms with Crippen LogP contribution in [0.25, 0.3) is 42.1 Å². The van der Waals surface area contributed by atoms with Gasteiger partial charge in [0.1, 0.15) is 0 Å². The number of hydrogen-bond acceptors (Lipinski definition) is 1. The maximum absolute atomic E-state index is 2.41. The summed E-state index contributed by atoms with van der Waals surface area (Å²) in [5.41, 5.74) is 11.0. The SMILES string of the molecule is C1=CC2=C(c3ccc4ccccc4c3)C=CC3=CC=C4C(c5ccc6sc7ccccc7c6c5)=CC=C1C4C32. The van der Waals surface area contributed by atoms with E-state index in [9.17, 15) is 0 Å². The highest BCUT2D eigenvalue weighted by Gasteiger charge is 2.40. The average Bonchev–Trinajstić information content (AvgIpc) is 3.37. The van der Waals surface area contributed by atoms with Crippen LogP contribution in [-0.2, 0) is 0 Å². The number of thiophene rings is 1. The first-order valence-corrected chi connectivity index (χ1v) is 14.5. The number of benzene rings is 4. The van der Waals surface area contributed by atoms with Crippen molar-refractivity contribution in [1.29, 1.82) is 0 Å². The summed E-state index contributed by atoms with van der Waals surface area (Å²) in [6.07, 6.45) is 18.9. The van der Waals surface area contributed by atoms with Gasteiger partial charge in [-0.05, 0) is 79.6 Å². The molecule has 182 valence electrons. The Balaban J connectivity index is 1.18. The van der Waals surface area contributed by atoms with Crippen LogP contribution in [0.5, 0.6) is 0 Å². The van der Waals surface area contributed by atoms with Crippen LogP contribution < -0.4 is 0 Å². The Morgan fingerprint density at radius 3 is 2.26 bits per heavy atom. The summed E-state index contributed by atoms with van der Waals surface area (Å²) in [5, 5.41) is 5.30. The first-order chi connectivity index (χ1) is 19.3. The van der Waals surface area contributed by atoms with Crippen LogP contribution in [0.3, 0.4) is 0 Å². The summed E-state index contributed by atoms with van der Waals surface area (Å²) in [5.74, 6) is 0.697. The molecule has 2 atom stereocenters. The minimum atomic E-state index is 0.348. The third-order valence-corrected chi connectivity index (χ3v) is 10.0. The molecule has 0 radical (unpaired) electrons. The van der Waals surface area contributed by atoms with E-state index in [0.29, 0.717) is 11.8 Å². The lowest BCUT2D eigenvalue weighted by Crippen LogP contribution is -2.30. The van der Waals surface area contributed by atoms with Crippen LogP contribution in [0.4, 0.5) is 0 Å². The highest BCUT2D eigenvalue weighted by molar-refractivity contribution is 7.25. The van der Waals surface area contributed by atoms with Crippen molar-refractivity contribution in [2.45, 2.75) is 0 Å². The van der Waals surface area contributed by atoms with Crippen molar-refractivity contribution >= 4 is 53.4 Å². The Hall–Kier alpha value is -4.46. The van der Waals surface area contributed by atoms with Crippen molar-refractivity contribution < 1.29 is 0 Å². The molecule has 1 aromatic heterocycles. The van der Waals surface area contributed by atoms with Crippen LogP contribution in [0.2, 0.25) is 0 Å². The van der Waals surface area contributed by atoms with Gasteiger partial charge in [0.2, 0.25) is 0 Å². The Morgan fingerprint density at radius 2 is 1.28 bits per heavy atom. The van der Waals surface area contributed by atoms with Crippen LogP contribution in [0, 0.1) is 11.8 Å². The summed E-state index contributed by atoms with van der Waals surface area (Å²) in [6, 6.07) is 31.4. The molecule has 2 unspecified atom stereocenters. The number of rotatable bonds is 2. The lowest BCUT2D eigenvalue weighted by Gasteiger charge is -2.42. The van der Waals surface area contributed by atoms with Gasteiger partial charge in [0.05, 0.1) is 0 Å². The van der Waals surface area contributed by atoms with E-state index >= 15 is 0 Å². The molecule has 39 heavy (non-hydrogen) atoms. The summed E-state index contributed by atoms with van der Waals surface area (Å²) < 4.78 is 2.71. The number of fused-ring (bicyclic) bond motifs is 4. The molecule has 5 aromatic rings. The maximum atomic E-state index is 2.41. The van der Waals surface area contributed by atoms with Gasteiger partial charge in [-0.2, -0.15) is 0 Å². The van der Waals surface area contributed by atoms with Crippen molar-refractivity contribution in [3.8, 4) is 0 Å². The molecule has 4 aliphatic rings. The predicted molar refractivity (Wildman–Crippen MR) is 168 cm³/mol. The fraction of sp³-hybridized carbons (Fsp3) is 0.0526. The van der Waals surface area contributed by atoms with Gasteiger partial charge < -0.3 is 0 Å². The van der Waals surface area contributed by atoms with Crippen LogP contribution in [0.15, 0.2) is 156 Å². The maximum Gasteiger partial charge on any atom is 0.0355 e. The molecule has 4 aromatic carbocycles.